The first kappa shape index (κ1) is 22.7. The number of benzene rings is 1. The lowest BCUT2D eigenvalue weighted by Crippen LogP contribution is -2.49. The lowest BCUT2D eigenvalue weighted by atomic mass is 9.96. The Balaban J connectivity index is 1.44. The summed E-state index contributed by atoms with van der Waals surface area (Å²) in [6.07, 6.45) is 3.28. The van der Waals surface area contributed by atoms with E-state index in [9.17, 15) is 9.90 Å². The Morgan fingerprint density at radius 2 is 1.94 bits per heavy atom. The van der Waals surface area contributed by atoms with Crippen molar-refractivity contribution in [3.05, 3.63) is 58.4 Å². The van der Waals surface area contributed by atoms with Crippen LogP contribution < -0.4 is 4.74 Å². The minimum Gasteiger partial charge on any atom is -0.491 e. The van der Waals surface area contributed by atoms with Crippen LogP contribution in [0.5, 0.6) is 5.75 Å². The highest BCUT2D eigenvalue weighted by atomic mass is 16.5. The van der Waals surface area contributed by atoms with Gasteiger partial charge < -0.3 is 14.7 Å². The molecule has 0 saturated carbocycles. The van der Waals surface area contributed by atoms with Crippen LogP contribution in [0.3, 0.4) is 0 Å². The topological polar surface area (TPSA) is 65.9 Å². The third kappa shape index (κ3) is 4.26. The lowest BCUT2D eigenvalue weighted by molar-refractivity contribution is 0.0563. The highest BCUT2D eigenvalue weighted by Crippen LogP contribution is 2.39. The number of ether oxygens (including phenoxy) is 1. The quantitative estimate of drug-likeness (QED) is 0.716. The molecule has 1 N–H and O–H groups in total. The van der Waals surface area contributed by atoms with Crippen LogP contribution in [-0.2, 0) is 6.42 Å². The minimum absolute atomic E-state index is 0.0547. The van der Waals surface area contributed by atoms with Crippen LogP contribution in [-0.4, -0.2) is 63.7 Å². The molecule has 1 amide bonds. The van der Waals surface area contributed by atoms with Gasteiger partial charge in [-0.3, -0.25) is 14.7 Å². The first-order valence-electron chi connectivity index (χ1n) is 11.7. The van der Waals surface area contributed by atoms with Gasteiger partial charge in [0.05, 0.1) is 6.10 Å². The second-order valence-electron chi connectivity index (χ2n) is 9.34. The summed E-state index contributed by atoms with van der Waals surface area (Å²) < 4.78 is 5.77. The zero-order valence-electron chi connectivity index (χ0n) is 19.8. The number of aliphatic hydroxyl groups is 1. The maximum atomic E-state index is 13.0. The molecular weight excluding hydrogens is 402 g/mol. The van der Waals surface area contributed by atoms with Crippen LogP contribution >= 0.6 is 0 Å². The molecule has 6 heteroatoms. The zero-order valence-corrected chi connectivity index (χ0v) is 19.8. The largest absolute Gasteiger partial charge is 0.491 e. The van der Waals surface area contributed by atoms with E-state index in [1.807, 2.05) is 29.3 Å². The van der Waals surface area contributed by atoms with Gasteiger partial charge in [0.15, 0.2) is 0 Å². The van der Waals surface area contributed by atoms with Crippen molar-refractivity contribution >= 4 is 5.91 Å². The number of fused-ring (bicyclic) bond motifs is 2. The van der Waals surface area contributed by atoms with Crippen molar-refractivity contribution in [1.29, 1.82) is 0 Å². The number of aromatic nitrogens is 1. The fourth-order valence-corrected chi connectivity index (χ4v) is 5.14. The lowest BCUT2D eigenvalue weighted by Gasteiger charge is -2.38. The Morgan fingerprint density at radius 3 is 2.53 bits per heavy atom. The monoisotopic (exact) mass is 437 g/mol. The molecule has 3 heterocycles. The molecule has 2 fully saturated rings. The highest BCUT2D eigenvalue weighted by molar-refractivity contribution is 5.93. The van der Waals surface area contributed by atoms with E-state index in [2.05, 4.69) is 43.6 Å². The van der Waals surface area contributed by atoms with Gasteiger partial charge in [0.2, 0.25) is 0 Å². The van der Waals surface area contributed by atoms with Crippen molar-refractivity contribution in [1.82, 2.24) is 14.8 Å². The second-order valence-corrected chi connectivity index (χ2v) is 9.34. The van der Waals surface area contributed by atoms with E-state index in [4.69, 9.17) is 4.74 Å². The molecule has 0 unspecified atom stereocenters. The van der Waals surface area contributed by atoms with Crippen molar-refractivity contribution in [3.8, 4) is 5.75 Å². The first-order chi connectivity index (χ1) is 15.3. The SMILES string of the molecule is CCc1ccc(C(=O)N2C[C@@H]3C[C@H]2CN3[C@@H](C)c2ccc(OC[C@@H](C)O)c(C)c2C)nc1. The summed E-state index contributed by atoms with van der Waals surface area (Å²) in [4.78, 5) is 22.0. The predicted octanol–water partition coefficient (Wildman–Crippen LogP) is 3.68. The van der Waals surface area contributed by atoms with Gasteiger partial charge in [0.25, 0.3) is 5.91 Å². The normalized spacial score (nSPS) is 22.2. The van der Waals surface area contributed by atoms with Gasteiger partial charge in [0, 0.05) is 37.4 Å². The van der Waals surface area contributed by atoms with Crippen LogP contribution in [0.4, 0.5) is 0 Å². The highest BCUT2D eigenvalue weighted by Gasteiger charge is 2.47. The van der Waals surface area contributed by atoms with Crippen LogP contribution in [0.15, 0.2) is 30.5 Å². The molecule has 0 radical (unpaired) electrons. The van der Waals surface area contributed by atoms with Crippen molar-refractivity contribution in [2.45, 2.75) is 71.7 Å². The number of aryl methyl sites for hydroxylation is 1. The van der Waals surface area contributed by atoms with Gasteiger partial charge in [-0.1, -0.05) is 19.1 Å². The van der Waals surface area contributed by atoms with Crippen LogP contribution in [0.1, 0.15) is 66.0 Å². The summed E-state index contributed by atoms with van der Waals surface area (Å²) in [7, 11) is 0. The van der Waals surface area contributed by atoms with Gasteiger partial charge in [0.1, 0.15) is 18.1 Å². The van der Waals surface area contributed by atoms with Crippen LogP contribution in [0.25, 0.3) is 0 Å². The Bertz CT molecular complexity index is 973. The predicted molar refractivity (Wildman–Crippen MR) is 125 cm³/mol. The van der Waals surface area contributed by atoms with E-state index in [0.717, 1.165) is 42.8 Å². The number of nitrogens with zero attached hydrogens (tertiary/aromatic N) is 3. The molecule has 4 rings (SSSR count). The summed E-state index contributed by atoms with van der Waals surface area (Å²) in [6.45, 7) is 12.3. The summed E-state index contributed by atoms with van der Waals surface area (Å²) in [5, 5.41) is 9.51. The van der Waals surface area contributed by atoms with Crippen molar-refractivity contribution < 1.29 is 14.6 Å². The Labute approximate surface area is 191 Å². The molecule has 4 atom stereocenters. The van der Waals surface area contributed by atoms with Gasteiger partial charge >= 0.3 is 0 Å². The van der Waals surface area contributed by atoms with Gasteiger partial charge in [-0.05, 0) is 74.9 Å². The number of likely N-dealkylation sites (tertiary alicyclic amines) is 2. The van der Waals surface area contributed by atoms with Gasteiger partial charge in [-0.15, -0.1) is 0 Å². The maximum absolute atomic E-state index is 13.0. The van der Waals surface area contributed by atoms with Gasteiger partial charge in [-0.25, -0.2) is 0 Å². The molecule has 6 nitrogen and oxygen atoms in total. The third-order valence-corrected chi connectivity index (χ3v) is 7.20. The average molecular weight is 438 g/mol. The van der Waals surface area contributed by atoms with Crippen LogP contribution in [0, 0.1) is 13.8 Å². The average Bonchev–Trinajstić information content (AvgIpc) is 3.40. The summed E-state index contributed by atoms with van der Waals surface area (Å²) in [5.74, 6) is 0.889. The number of amides is 1. The standard InChI is InChI=1S/C26H35N3O3/c1-6-20-7-9-24(27-12-20)26(31)29-14-21-11-22(29)13-28(21)19(5)23-8-10-25(18(4)17(23)3)32-15-16(2)30/h7-10,12,16,19,21-22,30H,6,11,13-15H2,1-5H3/t16-,19+,21+,22+/m1/s1. The smallest absolute Gasteiger partial charge is 0.272 e. The fourth-order valence-electron chi connectivity index (χ4n) is 5.14. The summed E-state index contributed by atoms with van der Waals surface area (Å²) >= 11 is 0. The van der Waals surface area contributed by atoms with E-state index in [0.29, 0.717) is 18.3 Å². The number of hydrogen-bond acceptors (Lipinski definition) is 5. The maximum Gasteiger partial charge on any atom is 0.272 e. The summed E-state index contributed by atoms with van der Waals surface area (Å²) in [5.41, 5.74) is 5.36. The minimum atomic E-state index is -0.487. The molecule has 0 spiro atoms. The molecule has 32 heavy (non-hydrogen) atoms. The number of carbonyl (C=O) groups is 1. The number of rotatable bonds is 7. The van der Waals surface area contributed by atoms with Crippen LogP contribution in [0.2, 0.25) is 0 Å². The number of hydrogen-bond donors (Lipinski definition) is 1. The summed E-state index contributed by atoms with van der Waals surface area (Å²) in [6, 6.07) is 8.93. The van der Waals surface area contributed by atoms with Crippen molar-refractivity contribution in [2.24, 2.45) is 0 Å². The van der Waals surface area contributed by atoms with E-state index in [1.54, 1.807) is 6.92 Å². The molecule has 0 aliphatic carbocycles. The number of piperazine rings is 1. The van der Waals surface area contributed by atoms with Crippen molar-refractivity contribution in [2.75, 3.05) is 19.7 Å². The molecular formula is C26H35N3O3. The molecule has 2 aliphatic rings. The number of pyridine rings is 1. The second kappa shape index (κ2) is 9.20. The third-order valence-electron chi connectivity index (χ3n) is 7.20. The molecule has 2 bridgehead atoms. The van der Waals surface area contributed by atoms with E-state index >= 15 is 0 Å². The molecule has 1 aromatic heterocycles. The zero-order chi connectivity index (χ0) is 23.0. The molecule has 1 aromatic carbocycles. The Kier molecular flexibility index (Phi) is 6.54. The Hall–Kier alpha value is -2.44. The fraction of sp³-hybridized carbons (Fsp3) is 0.538. The van der Waals surface area contributed by atoms with E-state index < -0.39 is 6.10 Å². The first-order valence-corrected chi connectivity index (χ1v) is 11.7. The molecule has 2 aromatic rings. The number of aliphatic hydroxyl groups excluding tert-OH is 1. The van der Waals surface area contributed by atoms with Gasteiger partial charge in [-0.2, -0.15) is 0 Å². The van der Waals surface area contributed by atoms with E-state index in [1.165, 1.54) is 11.1 Å². The Morgan fingerprint density at radius 1 is 1.16 bits per heavy atom. The van der Waals surface area contributed by atoms with E-state index in [-0.39, 0.29) is 18.0 Å². The molecule has 2 aliphatic heterocycles. The number of carbonyl (C=O) groups excluding carboxylic acids is 1. The van der Waals surface area contributed by atoms with Crippen molar-refractivity contribution in [3.63, 3.8) is 0 Å². The molecule has 172 valence electrons. The molecule has 2 saturated heterocycles.